The van der Waals surface area contributed by atoms with Gasteiger partial charge in [-0.3, -0.25) is 4.79 Å². The number of benzene rings is 1. The monoisotopic (exact) mass is 468 g/mol. The molecule has 0 bridgehead atoms. The molecule has 0 aliphatic carbocycles. The van der Waals surface area contributed by atoms with E-state index in [4.69, 9.17) is 4.74 Å². The maximum atomic E-state index is 12.2. The summed E-state index contributed by atoms with van der Waals surface area (Å²) in [4.78, 5) is 12.2. The van der Waals surface area contributed by atoms with Crippen molar-refractivity contribution in [2.24, 2.45) is 5.92 Å². The van der Waals surface area contributed by atoms with Gasteiger partial charge in [0.05, 0.1) is 9.84 Å². The van der Waals surface area contributed by atoms with E-state index in [0.29, 0.717) is 13.0 Å². The number of ketones is 1. The van der Waals surface area contributed by atoms with Gasteiger partial charge in [0.2, 0.25) is 0 Å². The molecule has 0 amide bonds. The first-order valence-electron chi connectivity index (χ1n) is 5.86. The number of para-hydroxylation sites is 1. The van der Waals surface area contributed by atoms with Crippen LogP contribution in [0.2, 0.25) is 0 Å². The standard InChI is InChI=1S/C14H14I2O2/c1-2-11(17)13-9(7-15)8-18-12-6-4-3-5-10(12)14(13)16/h3-7,13-14H,2,8H2,1H3/b9-7+. The van der Waals surface area contributed by atoms with Crippen LogP contribution in [0.1, 0.15) is 22.8 Å². The number of ether oxygens (including phenoxy) is 1. The van der Waals surface area contributed by atoms with E-state index < -0.39 is 0 Å². The van der Waals surface area contributed by atoms with E-state index in [1.165, 1.54) is 0 Å². The zero-order valence-electron chi connectivity index (χ0n) is 10.0. The summed E-state index contributed by atoms with van der Waals surface area (Å²) in [6.45, 7) is 2.43. The van der Waals surface area contributed by atoms with E-state index in [1.54, 1.807) is 0 Å². The fraction of sp³-hybridized carbons (Fsp3) is 0.357. The molecule has 2 unspecified atom stereocenters. The van der Waals surface area contributed by atoms with Gasteiger partial charge in [-0.05, 0) is 15.7 Å². The molecule has 1 heterocycles. The quantitative estimate of drug-likeness (QED) is 0.474. The minimum atomic E-state index is -0.0591. The van der Waals surface area contributed by atoms with Crippen molar-refractivity contribution in [3.63, 3.8) is 0 Å². The van der Waals surface area contributed by atoms with Crippen LogP contribution in [0.3, 0.4) is 0 Å². The zero-order valence-corrected chi connectivity index (χ0v) is 14.3. The van der Waals surface area contributed by atoms with Crippen molar-refractivity contribution in [1.82, 2.24) is 0 Å². The summed E-state index contributed by atoms with van der Waals surface area (Å²) in [5.41, 5.74) is 2.20. The highest BCUT2D eigenvalue weighted by atomic mass is 127. The van der Waals surface area contributed by atoms with Crippen molar-refractivity contribution in [2.45, 2.75) is 17.3 Å². The summed E-state index contributed by atoms with van der Waals surface area (Å²) in [6.07, 6.45) is 0.570. The predicted octanol–water partition coefficient (Wildman–Crippen LogP) is 4.47. The molecule has 2 atom stereocenters. The van der Waals surface area contributed by atoms with E-state index in [-0.39, 0.29) is 15.6 Å². The largest absolute Gasteiger partial charge is 0.489 e. The van der Waals surface area contributed by atoms with Crippen LogP contribution in [0.5, 0.6) is 5.75 Å². The third-order valence-electron chi connectivity index (χ3n) is 3.14. The van der Waals surface area contributed by atoms with Crippen LogP contribution in [0.15, 0.2) is 33.9 Å². The predicted molar refractivity (Wildman–Crippen MR) is 89.6 cm³/mol. The normalized spacial score (nSPS) is 25.2. The van der Waals surface area contributed by atoms with Gasteiger partial charge in [0.15, 0.2) is 0 Å². The van der Waals surface area contributed by atoms with E-state index in [9.17, 15) is 4.79 Å². The molecule has 2 rings (SSSR count). The lowest BCUT2D eigenvalue weighted by Crippen LogP contribution is -2.21. The highest BCUT2D eigenvalue weighted by Crippen LogP contribution is 2.44. The van der Waals surface area contributed by atoms with Gasteiger partial charge in [0.25, 0.3) is 0 Å². The Balaban J connectivity index is 2.47. The van der Waals surface area contributed by atoms with Crippen molar-refractivity contribution in [3.8, 4) is 5.75 Å². The first kappa shape index (κ1) is 14.3. The molecular weight excluding hydrogens is 454 g/mol. The molecule has 2 nitrogen and oxygen atoms in total. The van der Waals surface area contributed by atoms with Crippen LogP contribution < -0.4 is 4.74 Å². The third kappa shape index (κ3) is 2.74. The van der Waals surface area contributed by atoms with Gasteiger partial charge in [0.1, 0.15) is 18.1 Å². The van der Waals surface area contributed by atoms with Crippen LogP contribution >= 0.6 is 45.2 Å². The Kier molecular flexibility index (Phi) is 5.06. The summed E-state index contributed by atoms with van der Waals surface area (Å²) in [7, 11) is 0. The second kappa shape index (κ2) is 6.36. The smallest absolute Gasteiger partial charge is 0.141 e. The molecule has 18 heavy (non-hydrogen) atoms. The maximum absolute atomic E-state index is 12.2. The third-order valence-corrected chi connectivity index (χ3v) is 5.33. The second-order valence-electron chi connectivity index (χ2n) is 4.21. The Morgan fingerprint density at radius 1 is 1.50 bits per heavy atom. The number of alkyl halides is 1. The Morgan fingerprint density at radius 3 is 2.89 bits per heavy atom. The fourth-order valence-electron chi connectivity index (χ4n) is 2.15. The van der Waals surface area contributed by atoms with Gasteiger partial charge in [-0.2, -0.15) is 0 Å². The highest BCUT2D eigenvalue weighted by Gasteiger charge is 2.33. The number of Topliss-reactive ketones (excluding diaryl/α,β-unsaturated/α-hetero) is 1. The Hall–Kier alpha value is -0.110. The minimum Gasteiger partial charge on any atom is -0.489 e. The Bertz CT molecular complexity index is 482. The molecule has 0 fully saturated rings. The van der Waals surface area contributed by atoms with Crippen LogP contribution in [0.25, 0.3) is 0 Å². The summed E-state index contributed by atoms with van der Waals surface area (Å²) in [5.74, 6) is 1.13. The molecule has 0 spiro atoms. The summed E-state index contributed by atoms with van der Waals surface area (Å²) < 4.78 is 7.96. The number of hydrogen-bond acceptors (Lipinski definition) is 2. The average Bonchev–Trinajstić information content (AvgIpc) is 2.55. The fourth-order valence-corrected chi connectivity index (χ4v) is 4.09. The van der Waals surface area contributed by atoms with E-state index in [2.05, 4.69) is 51.2 Å². The molecule has 0 N–H and O–H groups in total. The minimum absolute atomic E-state index is 0.0591. The van der Waals surface area contributed by atoms with Crippen LogP contribution in [-0.2, 0) is 4.79 Å². The molecule has 96 valence electrons. The molecule has 0 saturated carbocycles. The molecule has 0 aromatic heterocycles. The van der Waals surface area contributed by atoms with Crippen LogP contribution in [0.4, 0.5) is 0 Å². The molecule has 0 saturated heterocycles. The van der Waals surface area contributed by atoms with E-state index >= 15 is 0 Å². The summed E-state index contributed by atoms with van der Waals surface area (Å²) >= 11 is 4.57. The number of carbonyl (C=O) groups excluding carboxylic acids is 1. The van der Waals surface area contributed by atoms with E-state index in [1.807, 2.05) is 29.2 Å². The lowest BCUT2D eigenvalue weighted by atomic mass is 9.88. The number of carbonyl (C=O) groups is 1. The van der Waals surface area contributed by atoms with Gasteiger partial charge in [0, 0.05) is 12.0 Å². The zero-order chi connectivity index (χ0) is 13.1. The second-order valence-corrected chi connectivity index (χ2v) is 6.17. The molecule has 1 aliphatic heterocycles. The first-order valence-corrected chi connectivity index (χ1v) is 8.35. The van der Waals surface area contributed by atoms with Crippen molar-refractivity contribution < 1.29 is 9.53 Å². The first-order chi connectivity index (χ1) is 8.69. The van der Waals surface area contributed by atoms with Crippen molar-refractivity contribution >= 4 is 51.0 Å². The molecule has 1 aromatic carbocycles. The molecule has 0 radical (unpaired) electrons. The van der Waals surface area contributed by atoms with Crippen molar-refractivity contribution in [3.05, 3.63) is 39.5 Å². The van der Waals surface area contributed by atoms with Crippen LogP contribution in [-0.4, -0.2) is 12.4 Å². The topological polar surface area (TPSA) is 26.3 Å². The van der Waals surface area contributed by atoms with Gasteiger partial charge < -0.3 is 4.74 Å². The van der Waals surface area contributed by atoms with Gasteiger partial charge in [-0.1, -0.05) is 70.3 Å². The molecular formula is C14H14I2O2. The van der Waals surface area contributed by atoms with Gasteiger partial charge in [-0.25, -0.2) is 0 Å². The summed E-state index contributed by atoms with van der Waals surface area (Å²) in [6, 6.07) is 8.00. The maximum Gasteiger partial charge on any atom is 0.141 e. The van der Waals surface area contributed by atoms with Gasteiger partial charge in [-0.15, -0.1) is 0 Å². The lowest BCUT2D eigenvalue weighted by molar-refractivity contribution is -0.121. The van der Waals surface area contributed by atoms with Gasteiger partial charge >= 0.3 is 0 Å². The van der Waals surface area contributed by atoms with Crippen LogP contribution in [0, 0.1) is 5.92 Å². The Morgan fingerprint density at radius 2 is 2.22 bits per heavy atom. The average molecular weight is 468 g/mol. The number of rotatable bonds is 2. The SMILES string of the molecule is CCC(=O)C1/C(=C/I)COc2ccccc2C1I. The number of hydrogen-bond donors (Lipinski definition) is 0. The Labute approximate surface area is 134 Å². The van der Waals surface area contributed by atoms with Crippen molar-refractivity contribution in [2.75, 3.05) is 6.61 Å². The van der Waals surface area contributed by atoms with E-state index in [0.717, 1.165) is 16.9 Å². The molecule has 1 aromatic rings. The molecule has 4 heteroatoms. The number of halogens is 2. The van der Waals surface area contributed by atoms with Crippen molar-refractivity contribution in [1.29, 1.82) is 0 Å². The number of fused-ring (bicyclic) bond motifs is 1. The highest BCUT2D eigenvalue weighted by molar-refractivity contribution is 14.1. The summed E-state index contributed by atoms with van der Waals surface area (Å²) in [5, 5.41) is 0. The lowest BCUT2D eigenvalue weighted by Gasteiger charge is -2.20. The molecule has 1 aliphatic rings.